The maximum absolute atomic E-state index is 11.6. The number of anilines is 1. The zero-order chi connectivity index (χ0) is 18.9. The quantitative estimate of drug-likeness (QED) is 0.529. The molecule has 0 heterocycles. The largest absolute Gasteiger partial charge is 0.438 e. The van der Waals surface area contributed by atoms with Gasteiger partial charge in [0, 0.05) is 18.2 Å². The van der Waals surface area contributed by atoms with Gasteiger partial charge in [0.1, 0.15) is 0 Å². The van der Waals surface area contributed by atoms with Gasteiger partial charge in [-0.25, -0.2) is 0 Å². The molecule has 136 valence electrons. The van der Waals surface area contributed by atoms with E-state index in [0.29, 0.717) is 5.56 Å². The third-order valence-electron chi connectivity index (χ3n) is 4.05. The average Bonchev–Trinajstić information content (AvgIpc) is 2.62. The standard InChI is InChI=1S/C22H26N2O2/c1-4-6-18-12-19(7-5-2)14-20(13-18)22(26-16(3)25)24-21-10-8-17(15-23)9-11-21/h8-14,22,24H,4-7H2,1-3H3. The molecule has 1 N–H and O–H groups in total. The SMILES string of the molecule is CCCc1cc(CCC)cc(C(Nc2ccc(C#N)cc2)OC(C)=O)c1. The summed E-state index contributed by atoms with van der Waals surface area (Å²) in [5.74, 6) is -0.339. The molecule has 2 aromatic rings. The number of benzene rings is 2. The Labute approximate surface area is 155 Å². The first-order valence-electron chi connectivity index (χ1n) is 9.12. The molecular weight excluding hydrogens is 324 g/mol. The number of carbonyl (C=O) groups is 1. The van der Waals surface area contributed by atoms with Gasteiger partial charge >= 0.3 is 5.97 Å². The van der Waals surface area contributed by atoms with Crippen LogP contribution < -0.4 is 5.32 Å². The number of nitrogens with one attached hydrogen (secondary N) is 1. The van der Waals surface area contributed by atoms with Crippen LogP contribution in [0.4, 0.5) is 5.69 Å². The van der Waals surface area contributed by atoms with Crippen molar-refractivity contribution >= 4 is 11.7 Å². The molecule has 0 aliphatic rings. The van der Waals surface area contributed by atoms with Crippen LogP contribution in [0.15, 0.2) is 42.5 Å². The first-order chi connectivity index (χ1) is 12.5. The number of nitrogens with zero attached hydrogens (tertiary/aromatic N) is 1. The van der Waals surface area contributed by atoms with E-state index in [2.05, 4.69) is 43.4 Å². The summed E-state index contributed by atoms with van der Waals surface area (Å²) in [7, 11) is 0. The predicted molar refractivity (Wildman–Crippen MR) is 104 cm³/mol. The van der Waals surface area contributed by atoms with Crippen molar-refractivity contribution in [3.63, 3.8) is 0 Å². The van der Waals surface area contributed by atoms with E-state index in [9.17, 15) is 4.79 Å². The minimum atomic E-state index is -0.562. The first-order valence-corrected chi connectivity index (χ1v) is 9.12. The van der Waals surface area contributed by atoms with Gasteiger partial charge in [0.2, 0.25) is 0 Å². The number of rotatable bonds is 8. The van der Waals surface area contributed by atoms with E-state index < -0.39 is 6.23 Å². The van der Waals surface area contributed by atoms with E-state index in [1.165, 1.54) is 18.1 Å². The maximum atomic E-state index is 11.6. The molecule has 0 saturated heterocycles. The van der Waals surface area contributed by atoms with Gasteiger partial charge < -0.3 is 10.1 Å². The number of esters is 1. The van der Waals surface area contributed by atoms with Crippen LogP contribution in [0.2, 0.25) is 0 Å². The molecular formula is C22H26N2O2. The highest BCUT2D eigenvalue weighted by molar-refractivity contribution is 5.67. The topological polar surface area (TPSA) is 62.1 Å². The van der Waals surface area contributed by atoms with Crippen LogP contribution in [0, 0.1) is 11.3 Å². The van der Waals surface area contributed by atoms with Gasteiger partial charge in [-0.3, -0.25) is 4.79 Å². The molecule has 0 aliphatic carbocycles. The molecule has 2 rings (SSSR count). The normalized spacial score (nSPS) is 11.5. The van der Waals surface area contributed by atoms with E-state index >= 15 is 0 Å². The third-order valence-corrected chi connectivity index (χ3v) is 4.05. The lowest BCUT2D eigenvalue weighted by Gasteiger charge is -2.22. The Bertz CT molecular complexity index is 751. The fourth-order valence-electron chi connectivity index (χ4n) is 2.95. The van der Waals surface area contributed by atoms with Crippen molar-refractivity contribution in [3.05, 3.63) is 64.7 Å². The Kier molecular flexibility index (Phi) is 7.23. The highest BCUT2D eigenvalue weighted by atomic mass is 16.6. The van der Waals surface area contributed by atoms with Crippen molar-refractivity contribution in [2.75, 3.05) is 5.32 Å². The summed E-state index contributed by atoms with van der Waals surface area (Å²) in [5, 5.41) is 12.2. The Hall–Kier alpha value is -2.80. The van der Waals surface area contributed by atoms with Crippen molar-refractivity contribution in [2.24, 2.45) is 0 Å². The first kappa shape index (κ1) is 19.5. The highest BCUT2D eigenvalue weighted by Crippen LogP contribution is 2.25. The van der Waals surface area contributed by atoms with E-state index in [1.807, 2.05) is 12.1 Å². The van der Waals surface area contributed by atoms with Crippen LogP contribution in [0.3, 0.4) is 0 Å². The Morgan fingerprint density at radius 3 is 2.12 bits per heavy atom. The van der Waals surface area contributed by atoms with Gasteiger partial charge in [0.25, 0.3) is 0 Å². The van der Waals surface area contributed by atoms with Crippen molar-refractivity contribution in [1.29, 1.82) is 5.26 Å². The molecule has 26 heavy (non-hydrogen) atoms. The van der Waals surface area contributed by atoms with Crippen LogP contribution in [0.1, 0.15) is 62.1 Å². The molecule has 1 unspecified atom stereocenters. The molecule has 0 amide bonds. The molecule has 0 aliphatic heterocycles. The lowest BCUT2D eigenvalue weighted by atomic mass is 9.99. The molecule has 4 heteroatoms. The summed E-state index contributed by atoms with van der Waals surface area (Å²) in [4.78, 5) is 11.6. The fraction of sp³-hybridized carbons (Fsp3) is 0.364. The van der Waals surface area contributed by atoms with Crippen LogP contribution in [0.25, 0.3) is 0 Å². The lowest BCUT2D eigenvalue weighted by molar-refractivity contribution is -0.145. The van der Waals surface area contributed by atoms with Gasteiger partial charge in [-0.1, -0.05) is 44.9 Å². The lowest BCUT2D eigenvalue weighted by Crippen LogP contribution is -2.18. The molecule has 0 aromatic heterocycles. The Balaban J connectivity index is 2.34. The second kappa shape index (κ2) is 9.62. The smallest absolute Gasteiger partial charge is 0.304 e. The summed E-state index contributed by atoms with van der Waals surface area (Å²) in [6.45, 7) is 5.73. The van der Waals surface area contributed by atoms with Crippen molar-refractivity contribution < 1.29 is 9.53 Å². The minimum Gasteiger partial charge on any atom is -0.438 e. The average molecular weight is 350 g/mol. The van der Waals surface area contributed by atoms with Gasteiger partial charge in [0.15, 0.2) is 6.23 Å². The number of hydrogen-bond acceptors (Lipinski definition) is 4. The predicted octanol–water partition coefficient (Wildman–Crippen LogP) is 5.14. The van der Waals surface area contributed by atoms with Crippen molar-refractivity contribution in [3.8, 4) is 6.07 Å². The van der Waals surface area contributed by atoms with E-state index in [1.54, 1.807) is 12.1 Å². The number of aryl methyl sites for hydroxylation is 2. The number of carbonyl (C=O) groups excluding carboxylic acids is 1. The van der Waals surface area contributed by atoms with Crippen LogP contribution in [-0.2, 0) is 22.4 Å². The Morgan fingerprint density at radius 1 is 1.08 bits per heavy atom. The van der Waals surface area contributed by atoms with E-state index in [0.717, 1.165) is 36.9 Å². The summed E-state index contributed by atoms with van der Waals surface area (Å²) in [6, 6.07) is 15.7. The van der Waals surface area contributed by atoms with Crippen LogP contribution in [-0.4, -0.2) is 5.97 Å². The molecule has 0 saturated carbocycles. The number of ether oxygens (including phenoxy) is 1. The second-order valence-electron chi connectivity index (χ2n) is 6.41. The minimum absolute atomic E-state index is 0.339. The Morgan fingerprint density at radius 2 is 1.65 bits per heavy atom. The molecule has 1 atom stereocenters. The molecule has 0 radical (unpaired) electrons. The van der Waals surface area contributed by atoms with Gasteiger partial charge in [-0.15, -0.1) is 0 Å². The monoisotopic (exact) mass is 350 g/mol. The zero-order valence-corrected chi connectivity index (χ0v) is 15.7. The van der Waals surface area contributed by atoms with Gasteiger partial charge in [-0.2, -0.15) is 5.26 Å². The summed E-state index contributed by atoms with van der Waals surface area (Å²) >= 11 is 0. The van der Waals surface area contributed by atoms with Crippen LogP contribution >= 0.6 is 0 Å². The van der Waals surface area contributed by atoms with Crippen molar-refractivity contribution in [1.82, 2.24) is 0 Å². The van der Waals surface area contributed by atoms with Crippen LogP contribution in [0.5, 0.6) is 0 Å². The zero-order valence-electron chi connectivity index (χ0n) is 15.7. The summed E-state index contributed by atoms with van der Waals surface area (Å²) < 4.78 is 5.55. The van der Waals surface area contributed by atoms with Gasteiger partial charge in [-0.05, 0) is 48.2 Å². The van der Waals surface area contributed by atoms with Gasteiger partial charge in [0.05, 0.1) is 11.6 Å². The maximum Gasteiger partial charge on any atom is 0.304 e. The highest BCUT2D eigenvalue weighted by Gasteiger charge is 2.16. The van der Waals surface area contributed by atoms with Crippen molar-refractivity contribution in [2.45, 2.75) is 52.7 Å². The van der Waals surface area contributed by atoms with E-state index in [-0.39, 0.29) is 5.97 Å². The third kappa shape index (κ3) is 5.63. The number of hydrogen-bond donors (Lipinski definition) is 1. The second-order valence-corrected chi connectivity index (χ2v) is 6.41. The summed E-state index contributed by atoms with van der Waals surface area (Å²) in [5.41, 5.74) is 4.85. The molecule has 4 nitrogen and oxygen atoms in total. The molecule has 0 fully saturated rings. The summed E-state index contributed by atoms with van der Waals surface area (Å²) in [6.07, 6.45) is 3.56. The van der Waals surface area contributed by atoms with E-state index in [4.69, 9.17) is 10.00 Å². The fourth-order valence-corrected chi connectivity index (χ4v) is 2.95. The molecule has 0 spiro atoms. The molecule has 0 bridgehead atoms. The number of nitriles is 1. The molecule has 2 aromatic carbocycles.